The summed E-state index contributed by atoms with van der Waals surface area (Å²) in [5, 5.41) is 0. The minimum Gasteiger partial charge on any atom is -0.483 e. The van der Waals surface area contributed by atoms with Gasteiger partial charge in [-0.05, 0) is 55.5 Å². The summed E-state index contributed by atoms with van der Waals surface area (Å²) >= 11 is 0. The van der Waals surface area contributed by atoms with E-state index in [1.807, 2.05) is 0 Å². The third-order valence-electron chi connectivity index (χ3n) is 4.50. The third-order valence-corrected chi connectivity index (χ3v) is 4.50. The Labute approximate surface area is 164 Å². The zero-order valence-corrected chi connectivity index (χ0v) is 15.4. The number of hydrogen-bond donors (Lipinski definition) is 0. The molecule has 5 nitrogen and oxygen atoms in total. The molecule has 29 heavy (non-hydrogen) atoms. The number of carbonyl (C=O) groups is 3. The Morgan fingerprint density at radius 1 is 0.897 bits per heavy atom. The number of alkyl halides is 3. The van der Waals surface area contributed by atoms with Crippen LogP contribution in [-0.2, 0) is 20.6 Å². The largest absolute Gasteiger partial charge is 0.483 e. The van der Waals surface area contributed by atoms with Crippen LogP contribution in [0.25, 0.3) is 0 Å². The average Bonchev–Trinajstić information content (AvgIpc) is 3.00. The van der Waals surface area contributed by atoms with Gasteiger partial charge in [-0.15, -0.1) is 0 Å². The summed E-state index contributed by atoms with van der Waals surface area (Å²) in [5.41, 5.74) is -0.772. The van der Waals surface area contributed by atoms with E-state index in [9.17, 15) is 27.6 Å². The Morgan fingerprint density at radius 3 is 1.83 bits per heavy atom. The van der Waals surface area contributed by atoms with Crippen LogP contribution < -0.4 is 9.47 Å². The number of Topliss-reactive ketones (excluding diaryl/α,β-unsaturated/α-hetero) is 3. The first-order valence-electron chi connectivity index (χ1n) is 8.86. The lowest BCUT2D eigenvalue weighted by molar-refractivity contribution is -0.140. The van der Waals surface area contributed by atoms with E-state index in [-0.39, 0.29) is 30.2 Å². The van der Waals surface area contributed by atoms with Crippen molar-refractivity contribution in [1.29, 1.82) is 0 Å². The first-order chi connectivity index (χ1) is 13.6. The predicted octanol–water partition coefficient (Wildman–Crippen LogP) is 4.38. The molecule has 1 aliphatic carbocycles. The van der Waals surface area contributed by atoms with Crippen molar-refractivity contribution in [1.82, 2.24) is 0 Å². The van der Waals surface area contributed by atoms with Crippen LogP contribution in [0.15, 0.2) is 48.5 Å². The molecule has 0 N–H and O–H groups in total. The van der Waals surface area contributed by atoms with Crippen molar-refractivity contribution >= 4 is 17.3 Å². The van der Waals surface area contributed by atoms with Crippen LogP contribution in [0.1, 0.15) is 25.3 Å². The van der Waals surface area contributed by atoms with Crippen molar-refractivity contribution in [3.63, 3.8) is 0 Å². The molecule has 1 unspecified atom stereocenters. The minimum absolute atomic E-state index is 0.0813. The standard InChI is InChI=1S/C21H17F3O5/c1-12(20(27)19-17(25)10-11-18(19)26)28-14-6-8-16(9-7-14)29-15-4-2-13(3-5-15)21(22,23)24/h2-9,12,19H,10-11H2,1H3. The molecule has 1 fully saturated rings. The second kappa shape index (κ2) is 8.06. The maximum absolute atomic E-state index is 12.6. The maximum atomic E-state index is 12.6. The lowest BCUT2D eigenvalue weighted by atomic mass is 9.97. The highest BCUT2D eigenvalue weighted by molar-refractivity contribution is 6.24. The summed E-state index contributed by atoms with van der Waals surface area (Å²) in [7, 11) is 0. The number of ketones is 3. The van der Waals surface area contributed by atoms with Crippen LogP contribution in [0.4, 0.5) is 13.2 Å². The Balaban J connectivity index is 1.60. The van der Waals surface area contributed by atoms with Crippen molar-refractivity contribution in [2.45, 2.75) is 32.0 Å². The SMILES string of the molecule is CC(Oc1ccc(Oc2ccc(C(F)(F)F)cc2)cc1)C(=O)C1C(=O)CCC1=O. The van der Waals surface area contributed by atoms with Crippen molar-refractivity contribution < 1.29 is 37.0 Å². The van der Waals surface area contributed by atoms with Gasteiger partial charge in [0.05, 0.1) is 5.56 Å². The van der Waals surface area contributed by atoms with Gasteiger partial charge < -0.3 is 9.47 Å². The zero-order valence-electron chi connectivity index (χ0n) is 15.4. The molecule has 0 amide bonds. The Morgan fingerprint density at radius 2 is 1.34 bits per heavy atom. The number of carbonyl (C=O) groups excluding carboxylic acids is 3. The fourth-order valence-corrected chi connectivity index (χ4v) is 2.96. The second-order valence-corrected chi connectivity index (χ2v) is 6.62. The highest BCUT2D eigenvalue weighted by Gasteiger charge is 2.41. The van der Waals surface area contributed by atoms with Crippen molar-refractivity contribution in [2.75, 3.05) is 0 Å². The molecule has 1 atom stereocenters. The zero-order chi connectivity index (χ0) is 21.2. The van der Waals surface area contributed by atoms with E-state index in [4.69, 9.17) is 9.47 Å². The summed E-state index contributed by atoms with van der Waals surface area (Å²) in [6.45, 7) is 1.47. The quantitative estimate of drug-likeness (QED) is 0.666. The molecule has 8 heteroatoms. The Bertz CT molecular complexity index is 901. The van der Waals surface area contributed by atoms with E-state index in [0.29, 0.717) is 11.5 Å². The Hall–Kier alpha value is -3.16. The van der Waals surface area contributed by atoms with Gasteiger partial charge in [0.1, 0.15) is 23.2 Å². The molecule has 0 bridgehead atoms. The fraction of sp³-hybridized carbons (Fsp3) is 0.286. The first kappa shape index (κ1) is 20.6. The van der Waals surface area contributed by atoms with E-state index in [0.717, 1.165) is 12.1 Å². The fourth-order valence-electron chi connectivity index (χ4n) is 2.96. The van der Waals surface area contributed by atoms with Crippen molar-refractivity contribution in [2.24, 2.45) is 5.92 Å². The topological polar surface area (TPSA) is 69.7 Å². The molecule has 0 aliphatic heterocycles. The number of halogens is 3. The second-order valence-electron chi connectivity index (χ2n) is 6.62. The van der Waals surface area contributed by atoms with Crippen LogP contribution in [0, 0.1) is 5.92 Å². The number of benzene rings is 2. The normalized spacial score (nSPS) is 16.0. The molecule has 2 aromatic carbocycles. The first-order valence-corrected chi connectivity index (χ1v) is 8.86. The predicted molar refractivity (Wildman–Crippen MR) is 95.8 cm³/mol. The summed E-state index contributed by atoms with van der Waals surface area (Å²) in [4.78, 5) is 35.7. The van der Waals surface area contributed by atoms with Gasteiger partial charge in [0.25, 0.3) is 0 Å². The van der Waals surface area contributed by atoms with E-state index in [1.165, 1.54) is 43.3 Å². The number of rotatable bonds is 6. The molecule has 3 rings (SSSR count). The summed E-state index contributed by atoms with van der Waals surface area (Å²) in [5.74, 6) is -1.66. The summed E-state index contributed by atoms with van der Waals surface area (Å²) in [6.07, 6.45) is -5.23. The van der Waals surface area contributed by atoms with Crippen molar-refractivity contribution in [3.8, 4) is 17.2 Å². The summed E-state index contributed by atoms with van der Waals surface area (Å²) < 4.78 is 48.7. The van der Waals surface area contributed by atoms with Gasteiger partial charge in [-0.3, -0.25) is 14.4 Å². The monoisotopic (exact) mass is 406 g/mol. The number of hydrogen-bond acceptors (Lipinski definition) is 5. The van der Waals surface area contributed by atoms with E-state index in [2.05, 4.69) is 0 Å². The molecular weight excluding hydrogens is 389 g/mol. The maximum Gasteiger partial charge on any atom is 0.416 e. The van der Waals surface area contributed by atoms with E-state index >= 15 is 0 Å². The molecule has 0 aromatic heterocycles. The number of ether oxygens (including phenoxy) is 2. The van der Waals surface area contributed by atoms with Gasteiger partial charge in [-0.1, -0.05) is 0 Å². The van der Waals surface area contributed by atoms with Gasteiger partial charge in [0.15, 0.2) is 23.5 Å². The van der Waals surface area contributed by atoms with Gasteiger partial charge >= 0.3 is 6.18 Å². The molecule has 1 saturated carbocycles. The lowest BCUT2D eigenvalue weighted by Gasteiger charge is -2.16. The van der Waals surface area contributed by atoms with Crippen LogP contribution in [0.2, 0.25) is 0 Å². The Kier molecular flexibility index (Phi) is 5.72. The molecule has 1 aliphatic rings. The van der Waals surface area contributed by atoms with Gasteiger partial charge in [0, 0.05) is 12.8 Å². The van der Waals surface area contributed by atoms with Gasteiger partial charge in [0.2, 0.25) is 0 Å². The van der Waals surface area contributed by atoms with Crippen LogP contribution >= 0.6 is 0 Å². The molecule has 0 radical (unpaired) electrons. The van der Waals surface area contributed by atoms with Crippen LogP contribution in [0.5, 0.6) is 17.2 Å². The van der Waals surface area contributed by atoms with Gasteiger partial charge in [-0.25, -0.2) is 0 Å². The minimum atomic E-state index is -4.42. The van der Waals surface area contributed by atoms with Gasteiger partial charge in [-0.2, -0.15) is 13.2 Å². The third kappa shape index (κ3) is 4.82. The molecular formula is C21H17F3O5. The highest BCUT2D eigenvalue weighted by atomic mass is 19.4. The van der Waals surface area contributed by atoms with Crippen LogP contribution in [0.3, 0.4) is 0 Å². The van der Waals surface area contributed by atoms with E-state index in [1.54, 1.807) is 0 Å². The molecule has 2 aromatic rings. The van der Waals surface area contributed by atoms with Crippen LogP contribution in [-0.4, -0.2) is 23.5 Å². The summed E-state index contributed by atoms with van der Waals surface area (Å²) in [6, 6.07) is 10.3. The molecule has 152 valence electrons. The van der Waals surface area contributed by atoms with Crippen molar-refractivity contribution in [3.05, 3.63) is 54.1 Å². The van der Waals surface area contributed by atoms with E-state index < -0.39 is 29.5 Å². The lowest BCUT2D eigenvalue weighted by Crippen LogP contribution is -2.35. The smallest absolute Gasteiger partial charge is 0.416 e. The average molecular weight is 406 g/mol. The molecule has 0 heterocycles. The highest BCUT2D eigenvalue weighted by Crippen LogP contribution is 2.32. The molecule has 0 saturated heterocycles. The molecule has 0 spiro atoms.